The number of benzene rings is 2. The Hall–Kier alpha value is -3.68. The number of anilines is 1. The zero-order valence-electron chi connectivity index (χ0n) is 17.1. The van der Waals surface area contributed by atoms with Crippen LogP contribution in [-0.4, -0.2) is 41.9 Å². The molecule has 1 atom stereocenters. The number of carbonyl (C=O) groups excluding carboxylic acids is 4. The maximum absolute atomic E-state index is 13.2. The van der Waals surface area contributed by atoms with Gasteiger partial charge in [-0.1, -0.05) is 24.3 Å². The van der Waals surface area contributed by atoms with E-state index in [0.717, 1.165) is 28.9 Å². The molecule has 1 aliphatic carbocycles. The average Bonchev–Trinajstić information content (AvgIpc) is 2.99. The van der Waals surface area contributed by atoms with E-state index in [0.29, 0.717) is 17.7 Å². The molecule has 0 radical (unpaired) electrons. The fourth-order valence-corrected chi connectivity index (χ4v) is 4.20. The number of amides is 4. The molecule has 1 aliphatic heterocycles. The van der Waals surface area contributed by atoms with E-state index in [4.69, 9.17) is 4.74 Å². The summed E-state index contributed by atoms with van der Waals surface area (Å²) < 4.78 is 4.93. The zero-order valence-corrected chi connectivity index (χ0v) is 17.1. The Morgan fingerprint density at radius 1 is 1.13 bits per heavy atom. The van der Waals surface area contributed by atoms with Crippen molar-refractivity contribution >= 4 is 29.5 Å². The maximum Gasteiger partial charge on any atom is 0.338 e. The van der Waals surface area contributed by atoms with Gasteiger partial charge in [-0.25, -0.2) is 9.59 Å². The Morgan fingerprint density at radius 2 is 1.87 bits per heavy atom. The first-order chi connectivity index (χ1) is 14.9. The van der Waals surface area contributed by atoms with Gasteiger partial charge in [0.15, 0.2) is 0 Å². The number of ether oxygens (including phenoxy) is 1. The van der Waals surface area contributed by atoms with E-state index >= 15 is 0 Å². The second-order valence-corrected chi connectivity index (χ2v) is 7.58. The number of imide groups is 1. The topological polar surface area (TPSA) is 105 Å². The molecule has 0 bridgehead atoms. The number of esters is 1. The van der Waals surface area contributed by atoms with Gasteiger partial charge in [-0.15, -0.1) is 0 Å². The van der Waals surface area contributed by atoms with E-state index in [1.54, 1.807) is 19.1 Å². The number of aryl methyl sites for hydroxylation is 1. The minimum atomic E-state index is -1.10. The van der Waals surface area contributed by atoms with Crippen LogP contribution >= 0.6 is 0 Å². The fraction of sp³-hybridized carbons (Fsp3) is 0.304. The summed E-state index contributed by atoms with van der Waals surface area (Å²) in [6.45, 7) is 1.60. The number of hydrogen-bond acceptors (Lipinski definition) is 5. The number of hydrogen-bond donors (Lipinski definition) is 2. The molecule has 2 aliphatic rings. The molecule has 2 aromatic rings. The minimum Gasteiger partial charge on any atom is -0.462 e. The van der Waals surface area contributed by atoms with E-state index in [2.05, 4.69) is 10.6 Å². The number of rotatable bonds is 5. The highest BCUT2D eigenvalue weighted by Crippen LogP contribution is 2.39. The lowest BCUT2D eigenvalue weighted by Crippen LogP contribution is -2.47. The van der Waals surface area contributed by atoms with Crippen molar-refractivity contribution in [3.05, 3.63) is 65.2 Å². The Labute approximate surface area is 179 Å². The zero-order chi connectivity index (χ0) is 22.0. The van der Waals surface area contributed by atoms with Gasteiger partial charge in [-0.2, -0.15) is 0 Å². The van der Waals surface area contributed by atoms with Gasteiger partial charge >= 0.3 is 12.0 Å². The third-order valence-electron chi connectivity index (χ3n) is 5.63. The van der Waals surface area contributed by atoms with Crippen LogP contribution < -0.4 is 10.6 Å². The summed E-state index contributed by atoms with van der Waals surface area (Å²) in [5.74, 6) is -1.36. The van der Waals surface area contributed by atoms with Crippen molar-refractivity contribution in [3.8, 4) is 0 Å². The smallest absolute Gasteiger partial charge is 0.338 e. The molecule has 1 heterocycles. The molecule has 1 saturated heterocycles. The van der Waals surface area contributed by atoms with Crippen LogP contribution in [-0.2, 0) is 26.3 Å². The first kappa shape index (κ1) is 20.6. The van der Waals surface area contributed by atoms with Gasteiger partial charge in [0.25, 0.3) is 5.91 Å². The molecular formula is C23H23N3O5. The molecule has 2 aromatic carbocycles. The molecule has 0 unspecified atom stereocenters. The van der Waals surface area contributed by atoms with Gasteiger partial charge in [0.05, 0.1) is 12.2 Å². The molecule has 31 heavy (non-hydrogen) atoms. The second-order valence-electron chi connectivity index (χ2n) is 7.58. The second kappa shape index (κ2) is 8.22. The lowest BCUT2D eigenvalue weighted by atomic mass is 9.76. The van der Waals surface area contributed by atoms with Gasteiger partial charge in [-0.3, -0.25) is 14.5 Å². The predicted molar refractivity (Wildman–Crippen MR) is 112 cm³/mol. The number of fused-ring (bicyclic) bond motifs is 2. The van der Waals surface area contributed by atoms with E-state index in [9.17, 15) is 19.2 Å². The Morgan fingerprint density at radius 3 is 2.61 bits per heavy atom. The number of nitrogens with zero attached hydrogens (tertiary/aromatic N) is 1. The molecular weight excluding hydrogens is 398 g/mol. The third-order valence-corrected chi connectivity index (χ3v) is 5.63. The molecule has 8 nitrogen and oxygen atoms in total. The van der Waals surface area contributed by atoms with Gasteiger partial charge in [0, 0.05) is 5.69 Å². The first-order valence-corrected chi connectivity index (χ1v) is 10.2. The molecule has 1 spiro atoms. The molecule has 160 valence electrons. The van der Waals surface area contributed by atoms with Crippen LogP contribution in [0.5, 0.6) is 0 Å². The maximum atomic E-state index is 13.2. The van der Waals surface area contributed by atoms with Crippen molar-refractivity contribution in [2.24, 2.45) is 0 Å². The Bertz CT molecular complexity index is 1050. The van der Waals surface area contributed by atoms with Crippen molar-refractivity contribution in [2.45, 2.75) is 31.7 Å². The largest absolute Gasteiger partial charge is 0.462 e. The predicted octanol–water partition coefficient (Wildman–Crippen LogP) is 2.59. The van der Waals surface area contributed by atoms with Crippen LogP contribution in [0.25, 0.3) is 0 Å². The summed E-state index contributed by atoms with van der Waals surface area (Å²) in [5.41, 5.74) is 1.55. The first-order valence-electron chi connectivity index (χ1n) is 10.2. The minimum absolute atomic E-state index is 0.273. The molecule has 1 fully saturated rings. The summed E-state index contributed by atoms with van der Waals surface area (Å²) in [5, 5.41) is 5.49. The average molecular weight is 421 g/mol. The molecule has 4 amide bonds. The van der Waals surface area contributed by atoms with Crippen LogP contribution in [0.2, 0.25) is 0 Å². The summed E-state index contributed by atoms with van der Waals surface area (Å²) in [6, 6.07) is 13.2. The van der Waals surface area contributed by atoms with E-state index < -0.39 is 35.9 Å². The van der Waals surface area contributed by atoms with Gasteiger partial charge in [-0.05, 0) is 61.6 Å². The number of nitrogens with one attached hydrogen (secondary N) is 2. The quantitative estimate of drug-likeness (QED) is 0.570. The highest BCUT2D eigenvalue weighted by molar-refractivity contribution is 6.10. The lowest BCUT2D eigenvalue weighted by molar-refractivity contribution is -0.134. The van der Waals surface area contributed by atoms with Crippen LogP contribution in [0.3, 0.4) is 0 Å². The van der Waals surface area contributed by atoms with E-state index in [1.807, 2.05) is 24.3 Å². The normalized spacial score (nSPS) is 19.7. The lowest BCUT2D eigenvalue weighted by Gasteiger charge is -2.33. The highest BCUT2D eigenvalue weighted by atomic mass is 16.5. The molecule has 2 N–H and O–H groups in total. The summed E-state index contributed by atoms with van der Waals surface area (Å²) in [4.78, 5) is 51.0. The molecule has 4 rings (SSSR count). The van der Waals surface area contributed by atoms with Crippen LogP contribution in [0, 0.1) is 0 Å². The summed E-state index contributed by atoms with van der Waals surface area (Å²) in [6.07, 6.45) is 2.13. The molecule has 0 saturated carbocycles. The van der Waals surface area contributed by atoms with Crippen LogP contribution in [0.15, 0.2) is 48.5 Å². The Balaban J connectivity index is 1.45. The van der Waals surface area contributed by atoms with Crippen molar-refractivity contribution in [2.75, 3.05) is 18.5 Å². The molecule has 0 aromatic heterocycles. The van der Waals surface area contributed by atoms with Crippen molar-refractivity contribution in [1.82, 2.24) is 10.2 Å². The third kappa shape index (κ3) is 3.76. The highest BCUT2D eigenvalue weighted by Gasteiger charge is 2.54. The van der Waals surface area contributed by atoms with E-state index in [-0.39, 0.29) is 6.61 Å². The number of urea groups is 1. The SMILES string of the molecule is CCOC(=O)c1ccc(NC(=O)CN2C(=O)N[C@@]3(CCCc4ccccc43)C2=O)cc1. The van der Waals surface area contributed by atoms with Crippen molar-refractivity contribution in [3.63, 3.8) is 0 Å². The summed E-state index contributed by atoms with van der Waals surface area (Å²) >= 11 is 0. The van der Waals surface area contributed by atoms with Crippen LogP contribution in [0.1, 0.15) is 41.3 Å². The van der Waals surface area contributed by atoms with Gasteiger partial charge < -0.3 is 15.4 Å². The van der Waals surface area contributed by atoms with Gasteiger partial charge in [0.2, 0.25) is 5.91 Å². The molecule has 8 heteroatoms. The van der Waals surface area contributed by atoms with Crippen molar-refractivity contribution in [1.29, 1.82) is 0 Å². The standard InChI is InChI=1S/C23H23N3O5/c1-2-31-20(28)16-9-11-17(12-10-16)24-19(27)14-26-21(29)23(25-22(26)30)13-5-7-15-6-3-4-8-18(15)23/h3-4,6,8-12H,2,5,7,13-14H2,1H3,(H,24,27)(H,25,30)/t23-/m1/s1. The summed E-state index contributed by atoms with van der Waals surface area (Å²) in [7, 11) is 0. The van der Waals surface area contributed by atoms with Crippen LogP contribution in [0.4, 0.5) is 10.5 Å². The van der Waals surface area contributed by atoms with Crippen molar-refractivity contribution < 1.29 is 23.9 Å². The fourth-order valence-electron chi connectivity index (χ4n) is 4.20. The van der Waals surface area contributed by atoms with Gasteiger partial charge in [0.1, 0.15) is 12.1 Å². The van der Waals surface area contributed by atoms with E-state index in [1.165, 1.54) is 12.1 Å². The number of carbonyl (C=O) groups is 4. The monoisotopic (exact) mass is 421 g/mol. The Kier molecular flexibility index (Phi) is 5.46.